The maximum atomic E-state index is 15.2. The molecule has 0 aliphatic rings. The summed E-state index contributed by atoms with van der Waals surface area (Å²) >= 11 is 0. The van der Waals surface area contributed by atoms with Crippen LogP contribution in [0.15, 0.2) is 24.3 Å². The summed E-state index contributed by atoms with van der Waals surface area (Å²) < 4.78 is 174. The minimum absolute atomic E-state index is 0.0391. The Hall–Kier alpha value is -3.98. The molecule has 0 aromatic heterocycles. The Morgan fingerprint density at radius 3 is 1.11 bits per heavy atom. The van der Waals surface area contributed by atoms with Gasteiger partial charge in [-0.1, -0.05) is 0 Å². The van der Waals surface area contributed by atoms with Crippen LogP contribution >= 0.6 is 0 Å². The van der Waals surface area contributed by atoms with E-state index < -0.39 is 92.8 Å². The second kappa shape index (κ2) is 8.91. The summed E-state index contributed by atoms with van der Waals surface area (Å²) in [6, 6.07) is 0.725. The number of alkyl halides is 6. The number of nitrogens with two attached hydrogens (primary N) is 2. The second-order valence-electron chi connectivity index (χ2n) is 6.85. The zero-order valence-corrected chi connectivity index (χ0v) is 16.8. The molecule has 194 valence electrons. The third kappa shape index (κ3) is 4.87. The van der Waals surface area contributed by atoms with Gasteiger partial charge in [0.2, 0.25) is 5.82 Å². The van der Waals surface area contributed by atoms with Crippen molar-refractivity contribution in [2.24, 2.45) is 0 Å². The number of benzene rings is 3. The van der Waals surface area contributed by atoms with Gasteiger partial charge in [-0.15, -0.1) is 0 Å². The molecule has 0 spiro atoms. The Kier molecular flexibility index (Phi) is 6.59. The molecule has 0 saturated carbocycles. The number of hydrogen-bond donors (Lipinski definition) is 2. The lowest BCUT2D eigenvalue weighted by molar-refractivity contribution is -0.149. The third-order valence-electron chi connectivity index (χ3n) is 4.36. The Balaban J connectivity index is 2.36. The van der Waals surface area contributed by atoms with Crippen LogP contribution in [0.25, 0.3) is 0 Å². The van der Waals surface area contributed by atoms with E-state index in [9.17, 15) is 48.3 Å². The van der Waals surface area contributed by atoms with Crippen LogP contribution in [-0.4, -0.2) is 0 Å². The van der Waals surface area contributed by atoms with E-state index in [0.29, 0.717) is 12.1 Å². The van der Waals surface area contributed by atoms with Gasteiger partial charge in [-0.05, 0) is 0 Å². The van der Waals surface area contributed by atoms with Gasteiger partial charge in [0.05, 0.1) is 11.4 Å². The van der Waals surface area contributed by atoms with Crippen LogP contribution in [0, 0.1) is 34.9 Å². The largest absolute Gasteiger partial charge is 0.453 e. The van der Waals surface area contributed by atoms with Crippen LogP contribution in [0.4, 0.5) is 64.1 Å². The molecule has 36 heavy (non-hydrogen) atoms. The normalized spacial score (nSPS) is 12.1. The van der Waals surface area contributed by atoms with E-state index in [-0.39, 0.29) is 12.1 Å². The highest BCUT2D eigenvalue weighted by atomic mass is 19.4. The molecule has 4 nitrogen and oxygen atoms in total. The number of hydrogen-bond acceptors (Lipinski definition) is 4. The van der Waals surface area contributed by atoms with Crippen molar-refractivity contribution < 1.29 is 62.2 Å². The molecule has 0 unspecified atom stereocenters. The van der Waals surface area contributed by atoms with Crippen molar-refractivity contribution in [2.75, 3.05) is 11.5 Å². The molecule has 0 heterocycles. The monoisotopic (exact) mass is 536 g/mol. The van der Waals surface area contributed by atoms with Crippen molar-refractivity contribution in [3.05, 3.63) is 70.3 Å². The standard InChI is InChI=1S/C20H8F12N2O2/c21-7-1-5(3-9(33)13(7)23)35-17-11(19(27,28)29)15(25)12(20(30,31)32)18(16(17)26)36-6-2-8(22)14(24)10(34)4-6/h1-4H,33-34H2. The highest BCUT2D eigenvalue weighted by Gasteiger charge is 2.49. The van der Waals surface area contributed by atoms with Crippen LogP contribution in [0.2, 0.25) is 0 Å². The number of halogens is 12. The minimum atomic E-state index is -6.05. The number of anilines is 2. The van der Waals surface area contributed by atoms with Crippen molar-refractivity contribution in [2.45, 2.75) is 12.4 Å². The van der Waals surface area contributed by atoms with Gasteiger partial charge in [0.15, 0.2) is 40.6 Å². The summed E-state index contributed by atoms with van der Waals surface area (Å²) in [7, 11) is 0. The third-order valence-corrected chi connectivity index (χ3v) is 4.36. The SMILES string of the molecule is Nc1cc(Oc2c(F)c(Oc3cc(N)c(F)c(F)c3)c(C(F)(F)F)c(F)c2C(F)(F)F)cc(F)c1F. The molecule has 0 fully saturated rings. The molecule has 0 atom stereocenters. The van der Waals surface area contributed by atoms with Crippen molar-refractivity contribution in [3.8, 4) is 23.0 Å². The van der Waals surface area contributed by atoms with Gasteiger partial charge >= 0.3 is 12.4 Å². The first-order valence-electron chi connectivity index (χ1n) is 8.97. The van der Waals surface area contributed by atoms with Crippen LogP contribution < -0.4 is 20.9 Å². The fraction of sp³-hybridized carbons (Fsp3) is 0.100. The summed E-state index contributed by atoms with van der Waals surface area (Å²) in [4.78, 5) is 0. The first kappa shape index (κ1) is 26.6. The van der Waals surface area contributed by atoms with Gasteiger partial charge in [0.1, 0.15) is 22.6 Å². The second-order valence-corrected chi connectivity index (χ2v) is 6.85. The Morgan fingerprint density at radius 1 is 0.500 bits per heavy atom. The van der Waals surface area contributed by atoms with E-state index in [4.69, 9.17) is 11.5 Å². The lowest BCUT2D eigenvalue weighted by Gasteiger charge is -2.22. The quantitative estimate of drug-likeness (QED) is 0.271. The maximum Gasteiger partial charge on any atom is 0.422 e. The molecule has 16 heteroatoms. The van der Waals surface area contributed by atoms with Crippen LogP contribution in [0.1, 0.15) is 11.1 Å². The van der Waals surface area contributed by atoms with E-state index in [1.54, 1.807) is 0 Å². The summed E-state index contributed by atoms with van der Waals surface area (Å²) in [6.07, 6.45) is -12.1. The van der Waals surface area contributed by atoms with Crippen LogP contribution in [-0.2, 0) is 12.4 Å². The molecular weight excluding hydrogens is 528 g/mol. The number of nitrogen functional groups attached to an aromatic ring is 2. The zero-order chi connectivity index (χ0) is 27.3. The highest BCUT2D eigenvalue weighted by molar-refractivity contribution is 5.56. The topological polar surface area (TPSA) is 70.5 Å². The fourth-order valence-electron chi connectivity index (χ4n) is 2.87. The van der Waals surface area contributed by atoms with Gasteiger partial charge in [0.25, 0.3) is 0 Å². The highest BCUT2D eigenvalue weighted by Crippen LogP contribution is 2.51. The molecule has 0 radical (unpaired) electrons. The van der Waals surface area contributed by atoms with Gasteiger partial charge in [-0.25, -0.2) is 22.0 Å². The smallest absolute Gasteiger partial charge is 0.422 e. The summed E-state index contributed by atoms with van der Waals surface area (Å²) in [5.41, 5.74) is 2.16. The first-order valence-corrected chi connectivity index (χ1v) is 8.97. The average molecular weight is 536 g/mol. The predicted molar refractivity (Wildman–Crippen MR) is 98.1 cm³/mol. The zero-order valence-electron chi connectivity index (χ0n) is 16.8. The van der Waals surface area contributed by atoms with Crippen molar-refractivity contribution in [1.29, 1.82) is 0 Å². The summed E-state index contributed by atoms with van der Waals surface area (Å²) in [5, 5.41) is 0. The van der Waals surface area contributed by atoms with Gasteiger partial charge in [0, 0.05) is 24.3 Å². The lowest BCUT2D eigenvalue weighted by Crippen LogP contribution is -2.19. The molecule has 0 aliphatic heterocycles. The molecular formula is C20H8F12N2O2. The van der Waals surface area contributed by atoms with E-state index >= 15 is 4.39 Å². The number of ether oxygens (including phenoxy) is 2. The summed E-state index contributed by atoms with van der Waals surface area (Å²) in [6.45, 7) is 0. The van der Waals surface area contributed by atoms with Crippen molar-refractivity contribution in [3.63, 3.8) is 0 Å². The van der Waals surface area contributed by atoms with Gasteiger partial charge in [-0.3, -0.25) is 0 Å². The van der Waals surface area contributed by atoms with E-state index in [0.717, 1.165) is 0 Å². The van der Waals surface area contributed by atoms with Crippen molar-refractivity contribution >= 4 is 11.4 Å². The maximum absolute atomic E-state index is 15.2. The molecule has 4 N–H and O–H groups in total. The molecule has 3 aromatic carbocycles. The van der Waals surface area contributed by atoms with E-state index in [1.165, 1.54) is 0 Å². The molecule has 0 amide bonds. The average Bonchev–Trinajstić information content (AvgIpc) is 2.71. The number of rotatable bonds is 4. The van der Waals surface area contributed by atoms with E-state index in [1.807, 2.05) is 0 Å². The van der Waals surface area contributed by atoms with Crippen LogP contribution in [0.3, 0.4) is 0 Å². The van der Waals surface area contributed by atoms with Gasteiger partial charge < -0.3 is 20.9 Å². The molecule has 3 aromatic rings. The minimum Gasteiger partial charge on any atom is -0.453 e. The van der Waals surface area contributed by atoms with Crippen LogP contribution in [0.5, 0.6) is 23.0 Å². The predicted octanol–water partition coefficient (Wildman–Crippen LogP) is 7.31. The fourth-order valence-corrected chi connectivity index (χ4v) is 2.87. The Morgan fingerprint density at radius 2 is 0.833 bits per heavy atom. The molecule has 0 saturated heterocycles. The first-order chi connectivity index (χ1) is 16.4. The summed E-state index contributed by atoms with van der Waals surface area (Å²) in [5.74, 6) is -19.8. The van der Waals surface area contributed by atoms with Gasteiger partial charge in [-0.2, -0.15) is 30.7 Å². The Bertz CT molecular complexity index is 1210. The Labute approximate surface area is 191 Å². The molecule has 0 aliphatic carbocycles. The van der Waals surface area contributed by atoms with Crippen molar-refractivity contribution in [1.82, 2.24) is 0 Å². The van der Waals surface area contributed by atoms with E-state index in [2.05, 4.69) is 9.47 Å². The molecule has 0 bridgehead atoms. The lowest BCUT2D eigenvalue weighted by atomic mass is 10.0. The molecule has 3 rings (SSSR count).